The van der Waals surface area contributed by atoms with Crippen LogP contribution in [0.1, 0.15) is 16.7 Å². The molecule has 1 aromatic heterocycles. The normalized spacial score (nSPS) is 10.1. The Balaban J connectivity index is 2.13. The van der Waals surface area contributed by atoms with E-state index in [-0.39, 0.29) is 0 Å². The first-order valence-electron chi connectivity index (χ1n) is 5.59. The van der Waals surface area contributed by atoms with Crippen LogP contribution in [0.5, 0.6) is 5.75 Å². The second-order valence-corrected chi connectivity index (χ2v) is 4.46. The summed E-state index contributed by atoms with van der Waals surface area (Å²) in [6, 6.07) is 9.53. The first-order chi connectivity index (χ1) is 8.66. The molecule has 4 heteroatoms. The Kier molecular flexibility index (Phi) is 3.89. The maximum atomic E-state index is 5.73. The standard InChI is InChI=1S/C14H14N2OS/c1-10-6-11(8-16-7-10)9-17-13-5-3-2-4-12(13)14(15)18/h2-8H,9H2,1H3,(H2,15,18). The van der Waals surface area contributed by atoms with Gasteiger partial charge in [-0.05, 0) is 30.7 Å². The molecule has 3 nitrogen and oxygen atoms in total. The Morgan fingerprint density at radius 3 is 2.83 bits per heavy atom. The molecule has 0 atom stereocenters. The maximum Gasteiger partial charge on any atom is 0.129 e. The van der Waals surface area contributed by atoms with Crippen molar-refractivity contribution in [2.45, 2.75) is 13.5 Å². The van der Waals surface area contributed by atoms with Gasteiger partial charge in [0.05, 0.1) is 5.56 Å². The summed E-state index contributed by atoms with van der Waals surface area (Å²) in [6.07, 6.45) is 3.60. The van der Waals surface area contributed by atoms with Gasteiger partial charge in [0, 0.05) is 18.0 Å². The van der Waals surface area contributed by atoms with Gasteiger partial charge >= 0.3 is 0 Å². The zero-order valence-corrected chi connectivity index (χ0v) is 10.9. The average Bonchev–Trinajstić information content (AvgIpc) is 2.37. The summed E-state index contributed by atoms with van der Waals surface area (Å²) in [6.45, 7) is 2.45. The summed E-state index contributed by atoms with van der Waals surface area (Å²) in [5.41, 5.74) is 8.54. The molecule has 0 aliphatic heterocycles. The number of para-hydroxylation sites is 1. The Bertz CT molecular complexity index is 569. The summed E-state index contributed by atoms with van der Waals surface area (Å²) < 4.78 is 5.73. The van der Waals surface area contributed by atoms with Crippen LogP contribution in [0.2, 0.25) is 0 Å². The molecule has 0 aliphatic rings. The topological polar surface area (TPSA) is 48.1 Å². The second-order valence-electron chi connectivity index (χ2n) is 4.02. The third-order valence-electron chi connectivity index (χ3n) is 2.48. The molecule has 0 spiro atoms. The number of hydrogen-bond donors (Lipinski definition) is 1. The Labute approximate surface area is 112 Å². The molecule has 0 fully saturated rings. The van der Waals surface area contributed by atoms with Gasteiger partial charge in [-0.15, -0.1) is 0 Å². The van der Waals surface area contributed by atoms with Gasteiger partial charge in [0.2, 0.25) is 0 Å². The first kappa shape index (κ1) is 12.5. The van der Waals surface area contributed by atoms with Gasteiger partial charge in [-0.3, -0.25) is 4.98 Å². The lowest BCUT2D eigenvalue weighted by molar-refractivity contribution is 0.305. The van der Waals surface area contributed by atoms with Crippen molar-refractivity contribution in [2.75, 3.05) is 0 Å². The number of thiocarbonyl (C=S) groups is 1. The van der Waals surface area contributed by atoms with Crippen molar-refractivity contribution in [1.82, 2.24) is 4.98 Å². The van der Waals surface area contributed by atoms with E-state index in [4.69, 9.17) is 22.7 Å². The number of pyridine rings is 1. The van der Waals surface area contributed by atoms with Gasteiger partial charge in [0.1, 0.15) is 17.3 Å². The zero-order chi connectivity index (χ0) is 13.0. The molecule has 2 rings (SSSR count). The molecule has 2 aromatic rings. The van der Waals surface area contributed by atoms with Crippen molar-refractivity contribution in [3.05, 3.63) is 59.4 Å². The van der Waals surface area contributed by atoms with Crippen molar-refractivity contribution < 1.29 is 4.74 Å². The van der Waals surface area contributed by atoms with Gasteiger partial charge in [-0.1, -0.05) is 24.4 Å². The number of benzene rings is 1. The summed E-state index contributed by atoms with van der Waals surface area (Å²) in [7, 11) is 0. The van der Waals surface area contributed by atoms with Crippen molar-refractivity contribution in [1.29, 1.82) is 0 Å². The van der Waals surface area contributed by atoms with Crippen LogP contribution in [0.4, 0.5) is 0 Å². The van der Waals surface area contributed by atoms with E-state index in [0.29, 0.717) is 17.3 Å². The minimum atomic E-state index is 0.341. The molecule has 0 bridgehead atoms. The highest BCUT2D eigenvalue weighted by Gasteiger charge is 2.05. The number of nitrogens with two attached hydrogens (primary N) is 1. The summed E-state index contributed by atoms with van der Waals surface area (Å²) >= 11 is 4.99. The van der Waals surface area contributed by atoms with E-state index in [2.05, 4.69) is 4.98 Å². The van der Waals surface area contributed by atoms with Gasteiger partial charge in [-0.2, -0.15) is 0 Å². The molecule has 0 saturated heterocycles. The van der Waals surface area contributed by atoms with Crippen molar-refractivity contribution in [3.63, 3.8) is 0 Å². The lowest BCUT2D eigenvalue weighted by atomic mass is 10.2. The number of hydrogen-bond acceptors (Lipinski definition) is 3. The highest BCUT2D eigenvalue weighted by Crippen LogP contribution is 2.19. The number of aromatic nitrogens is 1. The Hall–Kier alpha value is -1.94. The van der Waals surface area contributed by atoms with Crippen LogP contribution in [-0.4, -0.2) is 9.97 Å². The molecule has 0 radical (unpaired) electrons. The zero-order valence-electron chi connectivity index (χ0n) is 10.1. The molecule has 1 heterocycles. The summed E-state index contributed by atoms with van der Waals surface area (Å²) in [5, 5.41) is 0. The van der Waals surface area contributed by atoms with Crippen LogP contribution in [0, 0.1) is 6.92 Å². The third-order valence-corrected chi connectivity index (χ3v) is 2.70. The molecule has 0 unspecified atom stereocenters. The van der Waals surface area contributed by atoms with Gasteiger partial charge in [-0.25, -0.2) is 0 Å². The molecule has 92 valence electrons. The highest BCUT2D eigenvalue weighted by atomic mass is 32.1. The number of rotatable bonds is 4. The lowest BCUT2D eigenvalue weighted by Crippen LogP contribution is -2.11. The van der Waals surface area contributed by atoms with E-state index in [1.165, 1.54) is 0 Å². The van der Waals surface area contributed by atoms with E-state index in [1.807, 2.05) is 43.5 Å². The molecule has 1 aromatic carbocycles. The minimum absolute atomic E-state index is 0.341. The number of aryl methyl sites for hydroxylation is 1. The first-order valence-corrected chi connectivity index (χ1v) is 6.00. The van der Waals surface area contributed by atoms with Crippen LogP contribution in [0.25, 0.3) is 0 Å². The smallest absolute Gasteiger partial charge is 0.129 e. The van der Waals surface area contributed by atoms with Crippen LogP contribution in [0.3, 0.4) is 0 Å². The SMILES string of the molecule is Cc1cncc(COc2ccccc2C(N)=S)c1. The van der Waals surface area contributed by atoms with Gasteiger partial charge < -0.3 is 10.5 Å². The molecule has 18 heavy (non-hydrogen) atoms. The van der Waals surface area contributed by atoms with E-state index in [0.717, 1.165) is 16.7 Å². The molecule has 0 aliphatic carbocycles. The van der Waals surface area contributed by atoms with Crippen LogP contribution in [-0.2, 0) is 6.61 Å². The van der Waals surface area contributed by atoms with Gasteiger partial charge in [0.25, 0.3) is 0 Å². The Morgan fingerprint density at radius 2 is 2.11 bits per heavy atom. The van der Waals surface area contributed by atoms with Crippen molar-refractivity contribution >= 4 is 17.2 Å². The molecular formula is C14H14N2OS. The van der Waals surface area contributed by atoms with Crippen LogP contribution in [0.15, 0.2) is 42.7 Å². The highest BCUT2D eigenvalue weighted by molar-refractivity contribution is 7.80. The second kappa shape index (κ2) is 5.60. The fourth-order valence-corrected chi connectivity index (χ4v) is 1.82. The largest absolute Gasteiger partial charge is 0.488 e. The number of nitrogens with zero attached hydrogens (tertiary/aromatic N) is 1. The fourth-order valence-electron chi connectivity index (χ4n) is 1.65. The average molecular weight is 258 g/mol. The van der Waals surface area contributed by atoms with E-state index in [1.54, 1.807) is 6.20 Å². The Morgan fingerprint density at radius 1 is 1.33 bits per heavy atom. The van der Waals surface area contributed by atoms with E-state index >= 15 is 0 Å². The van der Waals surface area contributed by atoms with Crippen LogP contribution < -0.4 is 10.5 Å². The van der Waals surface area contributed by atoms with E-state index < -0.39 is 0 Å². The predicted octanol–water partition coefficient (Wildman–Crippen LogP) is 2.60. The molecule has 0 saturated carbocycles. The maximum absolute atomic E-state index is 5.73. The van der Waals surface area contributed by atoms with Crippen molar-refractivity contribution in [2.24, 2.45) is 5.73 Å². The lowest BCUT2D eigenvalue weighted by Gasteiger charge is -2.10. The molecular weight excluding hydrogens is 244 g/mol. The number of ether oxygens (including phenoxy) is 1. The molecule has 2 N–H and O–H groups in total. The quantitative estimate of drug-likeness (QED) is 0.856. The third kappa shape index (κ3) is 3.05. The monoisotopic (exact) mass is 258 g/mol. The molecule has 0 amide bonds. The van der Waals surface area contributed by atoms with Gasteiger partial charge in [0.15, 0.2) is 0 Å². The fraction of sp³-hybridized carbons (Fsp3) is 0.143. The van der Waals surface area contributed by atoms with E-state index in [9.17, 15) is 0 Å². The summed E-state index contributed by atoms with van der Waals surface area (Å²) in [5.74, 6) is 0.700. The van der Waals surface area contributed by atoms with Crippen LogP contribution >= 0.6 is 12.2 Å². The van der Waals surface area contributed by atoms with Crippen molar-refractivity contribution in [3.8, 4) is 5.75 Å². The predicted molar refractivity (Wildman–Crippen MR) is 75.6 cm³/mol. The minimum Gasteiger partial charge on any atom is -0.488 e. The summed E-state index contributed by atoms with van der Waals surface area (Å²) in [4.78, 5) is 4.46.